The average Bonchev–Trinajstić information content (AvgIpc) is 3.42. The van der Waals surface area contributed by atoms with Crippen molar-refractivity contribution in [1.29, 1.82) is 0 Å². The Morgan fingerprint density at radius 1 is 1.11 bits per heavy atom. The number of urea groups is 1. The maximum absolute atomic E-state index is 13.5. The summed E-state index contributed by atoms with van der Waals surface area (Å²) < 4.78 is 1.44. The molecule has 5 rings (SSSR count). The van der Waals surface area contributed by atoms with Gasteiger partial charge in [0.15, 0.2) is 11.5 Å². The fourth-order valence-corrected chi connectivity index (χ4v) is 6.86. The fraction of sp³-hybridized carbons (Fsp3) is 0.231. The largest absolute Gasteiger partial charge is 0.504 e. The van der Waals surface area contributed by atoms with Crippen molar-refractivity contribution in [3.05, 3.63) is 70.9 Å². The zero-order chi connectivity index (χ0) is 31.5. The molecule has 0 saturated carbocycles. The van der Waals surface area contributed by atoms with Crippen LogP contribution in [-0.4, -0.2) is 93.1 Å². The van der Waals surface area contributed by atoms with Gasteiger partial charge in [-0.25, -0.2) is 14.3 Å². The Morgan fingerprint density at radius 3 is 2.55 bits per heavy atom. The molecule has 2 aliphatic rings. The molecule has 1 saturated heterocycles. The fourth-order valence-electron chi connectivity index (χ4n) is 4.52. The van der Waals surface area contributed by atoms with Gasteiger partial charge >= 0.3 is 12.0 Å². The zero-order valence-corrected chi connectivity index (χ0v) is 24.3. The molecular weight excluding hydrogens is 616 g/mol. The number of carboxylic acid groups (broad SMARTS) is 1. The van der Waals surface area contributed by atoms with Crippen LogP contribution in [0.1, 0.15) is 22.0 Å². The zero-order valence-electron chi connectivity index (χ0n) is 22.7. The summed E-state index contributed by atoms with van der Waals surface area (Å²) in [6.45, 7) is 0. The maximum Gasteiger partial charge on any atom is 0.352 e. The lowest BCUT2D eigenvalue weighted by Gasteiger charge is -2.49. The molecule has 18 heteroatoms. The van der Waals surface area contributed by atoms with Gasteiger partial charge in [0.2, 0.25) is 11.1 Å². The van der Waals surface area contributed by atoms with Crippen molar-refractivity contribution in [2.24, 2.45) is 7.05 Å². The lowest BCUT2D eigenvalue weighted by atomic mass is 10.0. The van der Waals surface area contributed by atoms with Gasteiger partial charge in [-0.15, -0.1) is 16.9 Å². The number of carboxylic acids is 1. The summed E-state index contributed by atoms with van der Waals surface area (Å²) in [6, 6.07) is 8.15. The monoisotopic (exact) mass is 640 g/mol. The number of nitrogens with one attached hydrogen (secondary N) is 3. The second kappa shape index (κ2) is 12.6. The third-order valence-corrected chi connectivity index (χ3v) is 9.10. The molecule has 0 spiro atoms. The number of amides is 5. The number of phenolic OH excluding ortho intramolecular Hbond substituents is 2. The van der Waals surface area contributed by atoms with Crippen LogP contribution in [0, 0.1) is 0 Å². The maximum atomic E-state index is 13.5. The van der Waals surface area contributed by atoms with E-state index in [9.17, 15) is 39.3 Å². The third kappa shape index (κ3) is 6.02. The van der Waals surface area contributed by atoms with Crippen LogP contribution in [0.5, 0.6) is 11.5 Å². The number of nitrogens with zero attached hydrogens (tertiary/aromatic N) is 5. The van der Waals surface area contributed by atoms with Crippen LogP contribution in [0.4, 0.5) is 4.79 Å². The van der Waals surface area contributed by atoms with Crippen LogP contribution in [0.2, 0.25) is 0 Å². The topological polar surface area (TPSA) is 229 Å². The second-order valence-corrected chi connectivity index (χ2v) is 11.5. The molecule has 0 aliphatic carbocycles. The lowest BCUT2D eigenvalue weighted by molar-refractivity contribution is -0.151. The standard InChI is InChI=1S/C26H24N8O8S2/c1-33-26(30-31-32-33)44-11-13-10-43-23-17(22(39)34(23)18(13)24(40)41)27-21(38)16(12-6-3-2-4-7-12)28-25(42)29-20(37)14-8-5-9-15(35)19(14)36/h2-9,16-17,23,35-36H,10-11H2,1H3,(H,27,38)(H,40,41)(H2,28,29,37,42)/t16?,17?,23-/m0/s1. The van der Waals surface area contributed by atoms with Crippen molar-refractivity contribution in [2.75, 3.05) is 11.5 Å². The molecule has 228 valence electrons. The average molecular weight is 641 g/mol. The van der Waals surface area contributed by atoms with Crippen LogP contribution in [0.15, 0.2) is 65.0 Å². The number of phenols is 2. The van der Waals surface area contributed by atoms with Gasteiger partial charge in [0, 0.05) is 18.6 Å². The highest BCUT2D eigenvalue weighted by atomic mass is 32.2. The SMILES string of the molecule is Cn1nnnc1SCC1=C(C(=O)O)N2C(=O)C(NC(=O)C(NC(=O)NC(=O)c3cccc(O)c3O)c3ccccc3)[C@@H]2SC1. The van der Waals surface area contributed by atoms with E-state index in [1.807, 2.05) is 5.32 Å². The molecule has 5 amide bonds. The first kappa shape index (κ1) is 30.4. The number of fused-ring (bicyclic) bond motifs is 1. The highest BCUT2D eigenvalue weighted by Gasteiger charge is 2.54. The molecule has 6 N–H and O–H groups in total. The van der Waals surface area contributed by atoms with Gasteiger partial charge in [-0.3, -0.25) is 24.6 Å². The molecule has 3 heterocycles. The number of aliphatic carboxylic acids is 1. The Hall–Kier alpha value is -5.10. The molecule has 0 radical (unpaired) electrons. The molecule has 1 fully saturated rings. The number of hydrogen-bond acceptors (Lipinski definition) is 12. The molecular formula is C26H24N8O8S2. The number of imide groups is 1. The van der Waals surface area contributed by atoms with E-state index in [-0.39, 0.29) is 22.8 Å². The van der Waals surface area contributed by atoms with Gasteiger partial charge < -0.3 is 26.0 Å². The van der Waals surface area contributed by atoms with E-state index in [4.69, 9.17) is 0 Å². The van der Waals surface area contributed by atoms with Crippen molar-refractivity contribution in [3.63, 3.8) is 0 Å². The second-order valence-electron chi connectivity index (χ2n) is 9.47. The molecule has 16 nitrogen and oxygen atoms in total. The minimum absolute atomic E-state index is 0.169. The van der Waals surface area contributed by atoms with Crippen molar-refractivity contribution in [1.82, 2.24) is 41.1 Å². The van der Waals surface area contributed by atoms with Crippen LogP contribution < -0.4 is 16.0 Å². The summed E-state index contributed by atoms with van der Waals surface area (Å²) in [7, 11) is 1.64. The number of hydrogen-bond donors (Lipinski definition) is 6. The highest BCUT2D eigenvalue weighted by molar-refractivity contribution is 8.01. The Bertz CT molecular complexity index is 1680. The molecule has 0 bridgehead atoms. The Balaban J connectivity index is 1.29. The van der Waals surface area contributed by atoms with E-state index in [1.165, 1.54) is 40.3 Å². The summed E-state index contributed by atoms with van der Waals surface area (Å²) in [4.78, 5) is 65.3. The van der Waals surface area contributed by atoms with Gasteiger partial charge in [-0.2, -0.15) is 0 Å². The summed E-state index contributed by atoms with van der Waals surface area (Å²) in [5, 5.41) is 47.4. The number of rotatable bonds is 9. The third-order valence-electron chi connectivity index (χ3n) is 6.66. The number of para-hydroxylation sites is 1. The van der Waals surface area contributed by atoms with E-state index < -0.39 is 58.7 Å². The Morgan fingerprint density at radius 2 is 1.86 bits per heavy atom. The number of tetrazole rings is 1. The molecule has 3 atom stereocenters. The predicted octanol–water partition coefficient (Wildman–Crippen LogP) is 0.333. The summed E-state index contributed by atoms with van der Waals surface area (Å²) in [5.41, 5.74) is 0.283. The number of aromatic hydroxyl groups is 2. The minimum Gasteiger partial charge on any atom is -0.504 e. The van der Waals surface area contributed by atoms with Gasteiger partial charge in [0.25, 0.3) is 11.8 Å². The number of β-lactam (4-membered cyclic amide) rings is 1. The summed E-state index contributed by atoms with van der Waals surface area (Å²) >= 11 is 2.50. The Labute approximate surface area is 256 Å². The minimum atomic E-state index is -1.36. The van der Waals surface area contributed by atoms with Crippen LogP contribution in [0.3, 0.4) is 0 Å². The number of carbonyl (C=O) groups excluding carboxylic acids is 4. The van der Waals surface area contributed by atoms with Crippen LogP contribution in [-0.2, 0) is 21.4 Å². The van der Waals surface area contributed by atoms with Crippen LogP contribution in [0.25, 0.3) is 0 Å². The summed E-state index contributed by atoms with van der Waals surface area (Å²) in [6.07, 6.45) is 0. The molecule has 2 aliphatic heterocycles. The van der Waals surface area contributed by atoms with E-state index >= 15 is 0 Å². The highest BCUT2D eigenvalue weighted by Crippen LogP contribution is 2.41. The molecule has 1 aromatic heterocycles. The van der Waals surface area contributed by atoms with E-state index in [1.54, 1.807) is 37.4 Å². The number of aryl methyl sites for hydroxylation is 1. The number of aromatic nitrogens is 4. The van der Waals surface area contributed by atoms with E-state index in [0.29, 0.717) is 16.3 Å². The van der Waals surface area contributed by atoms with E-state index in [2.05, 4.69) is 26.2 Å². The van der Waals surface area contributed by atoms with Crippen LogP contribution >= 0.6 is 23.5 Å². The first-order valence-corrected chi connectivity index (χ1v) is 14.8. The first-order valence-electron chi connectivity index (χ1n) is 12.8. The smallest absolute Gasteiger partial charge is 0.352 e. The molecule has 3 aromatic rings. The van der Waals surface area contributed by atoms with E-state index in [0.717, 1.165) is 11.0 Å². The number of thioether (sulfide) groups is 2. The molecule has 2 aromatic carbocycles. The predicted molar refractivity (Wildman–Crippen MR) is 154 cm³/mol. The molecule has 44 heavy (non-hydrogen) atoms. The Kier molecular flexibility index (Phi) is 8.72. The van der Waals surface area contributed by atoms with Gasteiger partial charge in [0.1, 0.15) is 23.2 Å². The van der Waals surface area contributed by atoms with Gasteiger partial charge in [0.05, 0.1) is 5.56 Å². The van der Waals surface area contributed by atoms with Gasteiger partial charge in [-0.1, -0.05) is 48.2 Å². The normalized spacial score (nSPS) is 18.1. The van der Waals surface area contributed by atoms with Crippen molar-refractivity contribution < 1.29 is 39.3 Å². The number of carbonyl (C=O) groups is 5. The first-order chi connectivity index (χ1) is 21.1. The lowest BCUT2D eigenvalue weighted by Crippen LogP contribution is -2.71. The van der Waals surface area contributed by atoms with Crippen molar-refractivity contribution in [3.8, 4) is 11.5 Å². The van der Waals surface area contributed by atoms with Crippen molar-refractivity contribution in [2.45, 2.75) is 22.6 Å². The summed E-state index contributed by atoms with van der Waals surface area (Å²) in [5.74, 6) is -4.54. The quantitative estimate of drug-likeness (QED) is 0.105. The van der Waals surface area contributed by atoms with Crippen molar-refractivity contribution >= 4 is 53.2 Å². The number of benzene rings is 2. The van der Waals surface area contributed by atoms with Gasteiger partial charge in [-0.05, 0) is 33.7 Å². The molecule has 2 unspecified atom stereocenters.